The minimum Gasteiger partial charge on any atom is -0.454 e. The molecule has 0 saturated carbocycles. The highest BCUT2D eigenvalue weighted by Crippen LogP contribution is 2.37. The van der Waals surface area contributed by atoms with Crippen molar-refractivity contribution in [3.05, 3.63) is 59.9 Å². The number of carbonyl (C=O) groups is 2. The second kappa shape index (κ2) is 7.75. The van der Waals surface area contributed by atoms with Crippen LogP contribution >= 0.6 is 0 Å². The van der Waals surface area contributed by atoms with Gasteiger partial charge in [-0.25, -0.2) is 9.37 Å². The summed E-state index contributed by atoms with van der Waals surface area (Å²) in [6.45, 7) is 1.49. The van der Waals surface area contributed by atoms with Crippen LogP contribution in [0.4, 0.5) is 10.1 Å². The van der Waals surface area contributed by atoms with Gasteiger partial charge in [0.25, 0.3) is 0 Å². The van der Waals surface area contributed by atoms with Crippen LogP contribution in [-0.4, -0.2) is 23.5 Å². The van der Waals surface area contributed by atoms with Crippen molar-refractivity contribution in [1.82, 2.24) is 4.98 Å². The summed E-state index contributed by atoms with van der Waals surface area (Å²) in [5.74, 6) is 0.997. The highest BCUT2D eigenvalue weighted by atomic mass is 19.1. The van der Waals surface area contributed by atoms with Gasteiger partial charge in [0.2, 0.25) is 12.7 Å². The number of halogens is 1. The van der Waals surface area contributed by atoms with Gasteiger partial charge >= 0.3 is 0 Å². The summed E-state index contributed by atoms with van der Waals surface area (Å²) in [5.41, 5.74) is 1.41. The van der Waals surface area contributed by atoms with E-state index in [1.54, 1.807) is 24.3 Å². The molecule has 148 valence electrons. The first-order valence-electron chi connectivity index (χ1n) is 8.94. The van der Waals surface area contributed by atoms with E-state index in [9.17, 15) is 14.0 Å². The molecule has 4 rings (SSSR count). The molecule has 2 aromatic carbocycles. The molecule has 1 N–H and O–H groups in total. The van der Waals surface area contributed by atoms with Crippen LogP contribution in [0.25, 0.3) is 11.3 Å². The van der Waals surface area contributed by atoms with Gasteiger partial charge in [0, 0.05) is 30.0 Å². The number of nitrogens with one attached hydrogen (secondary N) is 1. The van der Waals surface area contributed by atoms with Crippen molar-refractivity contribution >= 4 is 17.4 Å². The van der Waals surface area contributed by atoms with Crippen LogP contribution in [0, 0.1) is 5.82 Å². The molecule has 0 fully saturated rings. The molecule has 0 spiro atoms. The largest absolute Gasteiger partial charge is 0.454 e. The maximum absolute atomic E-state index is 13.0. The first-order valence-corrected chi connectivity index (χ1v) is 8.94. The van der Waals surface area contributed by atoms with Gasteiger partial charge < -0.3 is 19.2 Å². The van der Waals surface area contributed by atoms with E-state index in [-0.39, 0.29) is 37.1 Å². The van der Waals surface area contributed by atoms with Gasteiger partial charge in [-0.2, -0.15) is 0 Å². The predicted octanol–water partition coefficient (Wildman–Crippen LogP) is 3.98. The molecule has 0 saturated heterocycles. The number of carbonyl (C=O) groups excluding carboxylic acids is 2. The normalized spacial score (nSPS) is 12.1. The lowest BCUT2D eigenvalue weighted by Crippen LogP contribution is -2.14. The number of amides is 1. The fraction of sp³-hybridized carbons (Fsp3) is 0.190. The third-order valence-corrected chi connectivity index (χ3v) is 4.41. The Bertz CT molecular complexity index is 1080. The Hall–Kier alpha value is -3.68. The number of rotatable bonds is 6. The number of aryl methyl sites for hydroxylation is 1. The molecule has 0 aliphatic carbocycles. The van der Waals surface area contributed by atoms with Gasteiger partial charge in [-0.3, -0.25) is 9.59 Å². The van der Waals surface area contributed by atoms with E-state index in [0.717, 1.165) is 0 Å². The Kier molecular flexibility index (Phi) is 4.99. The average Bonchev–Trinajstić information content (AvgIpc) is 3.35. The number of ether oxygens (including phenoxy) is 2. The van der Waals surface area contributed by atoms with Gasteiger partial charge in [-0.05, 0) is 37.3 Å². The van der Waals surface area contributed by atoms with Crippen LogP contribution in [0.5, 0.6) is 11.5 Å². The minimum atomic E-state index is -0.335. The first-order chi connectivity index (χ1) is 14.0. The van der Waals surface area contributed by atoms with Gasteiger partial charge in [0.1, 0.15) is 5.82 Å². The van der Waals surface area contributed by atoms with Crippen molar-refractivity contribution < 1.29 is 27.9 Å². The van der Waals surface area contributed by atoms with Crippen LogP contribution in [0.3, 0.4) is 0 Å². The number of oxazole rings is 1. The summed E-state index contributed by atoms with van der Waals surface area (Å²) in [6.07, 6.45) is 1.91. The SMILES string of the molecule is CC(=O)c1cc2c(cc1NC(=O)CCc1ncc(-c3ccc(F)cc3)o1)OCO2. The molecule has 2 heterocycles. The third kappa shape index (κ3) is 4.11. The number of nitrogens with zero attached hydrogens (tertiary/aromatic N) is 1. The zero-order chi connectivity index (χ0) is 20.4. The number of hydrogen-bond donors (Lipinski definition) is 1. The maximum atomic E-state index is 13.0. The Balaban J connectivity index is 1.41. The number of fused-ring (bicyclic) bond motifs is 1. The number of anilines is 1. The summed E-state index contributed by atoms with van der Waals surface area (Å²) in [5, 5.41) is 2.73. The smallest absolute Gasteiger partial charge is 0.231 e. The molecule has 1 aliphatic heterocycles. The number of hydrogen-bond acceptors (Lipinski definition) is 6. The van der Waals surface area contributed by atoms with E-state index in [1.165, 1.54) is 25.3 Å². The zero-order valence-corrected chi connectivity index (χ0v) is 15.5. The number of aromatic nitrogens is 1. The van der Waals surface area contributed by atoms with E-state index in [1.807, 2.05) is 0 Å². The third-order valence-electron chi connectivity index (χ3n) is 4.41. The Morgan fingerprint density at radius 2 is 1.86 bits per heavy atom. The second-order valence-corrected chi connectivity index (χ2v) is 6.48. The fourth-order valence-corrected chi connectivity index (χ4v) is 2.94. The summed E-state index contributed by atoms with van der Waals surface area (Å²) in [6, 6.07) is 8.99. The highest BCUT2D eigenvalue weighted by Gasteiger charge is 2.20. The van der Waals surface area contributed by atoms with Crippen molar-refractivity contribution in [2.45, 2.75) is 19.8 Å². The van der Waals surface area contributed by atoms with Crippen LogP contribution in [0.1, 0.15) is 29.6 Å². The predicted molar refractivity (Wildman–Crippen MR) is 101 cm³/mol. The molecule has 1 aromatic heterocycles. The first kappa shape index (κ1) is 18.7. The van der Waals surface area contributed by atoms with Crippen LogP contribution in [0.15, 0.2) is 47.0 Å². The topological polar surface area (TPSA) is 90.7 Å². The lowest BCUT2D eigenvalue weighted by Gasteiger charge is -2.10. The van der Waals surface area contributed by atoms with E-state index in [2.05, 4.69) is 10.3 Å². The van der Waals surface area contributed by atoms with E-state index in [4.69, 9.17) is 13.9 Å². The molecule has 7 nitrogen and oxygen atoms in total. The average molecular weight is 396 g/mol. The molecule has 0 atom stereocenters. The molecule has 8 heteroatoms. The summed E-state index contributed by atoms with van der Waals surface area (Å²) in [7, 11) is 0. The molecule has 3 aromatic rings. The lowest BCUT2D eigenvalue weighted by molar-refractivity contribution is -0.116. The van der Waals surface area contributed by atoms with Crippen molar-refractivity contribution in [3.8, 4) is 22.8 Å². The quantitative estimate of drug-likeness (QED) is 0.634. The maximum Gasteiger partial charge on any atom is 0.231 e. The number of Topliss-reactive ketones (excluding diaryl/α,β-unsaturated/α-hetero) is 1. The van der Waals surface area contributed by atoms with Crippen molar-refractivity contribution in [1.29, 1.82) is 0 Å². The van der Waals surface area contributed by atoms with E-state index in [0.29, 0.717) is 40.0 Å². The molecule has 29 heavy (non-hydrogen) atoms. The molecule has 0 bridgehead atoms. The van der Waals surface area contributed by atoms with Gasteiger partial charge in [-0.1, -0.05) is 0 Å². The lowest BCUT2D eigenvalue weighted by atomic mass is 10.1. The Morgan fingerprint density at radius 3 is 2.59 bits per heavy atom. The molecule has 1 amide bonds. The number of ketones is 1. The van der Waals surface area contributed by atoms with Gasteiger partial charge in [0.05, 0.1) is 11.9 Å². The zero-order valence-electron chi connectivity index (χ0n) is 15.5. The summed E-state index contributed by atoms with van der Waals surface area (Å²) < 4.78 is 29.2. The van der Waals surface area contributed by atoms with E-state index >= 15 is 0 Å². The summed E-state index contributed by atoms with van der Waals surface area (Å²) >= 11 is 0. The Morgan fingerprint density at radius 1 is 1.14 bits per heavy atom. The van der Waals surface area contributed by atoms with E-state index < -0.39 is 0 Å². The van der Waals surface area contributed by atoms with Crippen molar-refractivity contribution in [3.63, 3.8) is 0 Å². The van der Waals surface area contributed by atoms with Crippen LogP contribution < -0.4 is 14.8 Å². The standard InChI is InChI=1S/C21H17FN2O5/c1-12(25)15-8-17-18(28-11-27-17)9-16(15)24-20(26)6-7-21-23-10-19(29-21)13-2-4-14(22)5-3-13/h2-5,8-10H,6-7,11H2,1H3,(H,24,26). The highest BCUT2D eigenvalue weighted by molar-refractivity contribution is 6.04. The second-order valence-electron chi connectivity index (χ2n) is 6.48. The van der Waals surface area contributed by atoms with Crippen molar-refractivity contribution in [2.24, 2.45) is 0 Å². The molecular weight excluding hydrogens is 379 g/mol. The summed E-state index contributed by atoms with van der Waals surface area (Å²) in [4.78, 5) is 28.4. The fourth-order valence-electron chi connectivity index (χ4n) is 2.94. The van der Waals surface area contributed by atoms with Crippen molar-refractivity contribution in [2.75, 3.05) is 12.1 Å². The molecule has 1 aliphatic rings. The molecular formula is C21H17FN2O5. The van der Waals surface area contributed by atoms with Crippen LogP contribution in [0.2, 0.25) is 0 Å². The monoisotopic (exact) mass is 396 g/mol. The molecule has 0 radical (unpaired) electrons. The molecule has 0 unspecified atom stereocenters. The van der Waals surface area contributed by atoms with Crippen LogP contribution in [-0.2, 0) is 11.2 Å². The number of benzene rings is 2. The minimum absolute atomic E-state index is 0.0740. The van der Waals surface area contributed by atoms with Gasteiger partial charge in [-0.15, -0.1) is 0 Å². The van der Waals surface area contributed by atoms with Gasteiger partial charge in [0.15, 0.2) is 28.9 Å². The Labute approximate surface area is 165 Å².